The lowest BCUT2D eigenvalue weighted by Gasteiger charge is -2.02. The van der Waals surface area contributed by atoms with Gasteiger partial charge in [0.05, 0.1) is 6.54 Å². The van der Waals surface area contributed by atoms with Gasteiger partial charge in [-0.2, -0.15) is 0 Å². The van der Waals surface area contributed by atoms with E-state index in [-0.39, 0.29) is 10.7 Å². The number of hydrogen-bond donors (Lipinski definition) is 2. The summed E-state index contributed by atoms with van der Waals surface area (Å²) in [5.41, 5.74) is 1.31. The van der Waals surface area contributed by atoms with Gasteiger partial charge in [-0.25, -0.2) is 14.2 Å². The average molecular weight is 446 g/mol. The van der Waals surface area contributed by atoms with Gasteiger partial charge in [0.15, 0.2) is 5.01 Å². The minimum Gasteiger partial charge on any atom is -0.333 e. The Kier molecular flexibility index (Phi) is 5.79. The van der Waals surface area contributed by atoms with Crippen LogP contribution in [-0.2, 0) is 6.54 Å². The summed E-state index contributed by atoms with van der Waals surface area (Å²) >= 11 is 8.34. The van der Waals surface area contributed by atoms with Crippen LogP contribution in [0.3, 0.4) is 0 Å². The maximum Gasteiger partial charge on any atom is 0.321 e. The Labute approximate surface area is 178 Å². The highest BCUT2D eigenvalue weighted by molar-refractivity contribution is 7.18. The zero-order chi connectivity index (χ0) is 20.2. The minimum atomic E-state index is -0.496. The van der Waals surface area contributed by atoms with Crippen molar-refractivity contribution in [3.05, 3.63) is 70.4 Å². The van der Waals surface area contributed by atoms with Gasteiger partial charge in [-0.15, -0.1) is 21.5 Å². The van der Waals surface area contributed by atoms with Crippen LogP contribution in [0.4, 0.5) is 14.3 Å². The van der Waals surface area contributed by atoms with Gasteiger partial charge in [0.25, 0.3) is 0 Å². The molecule has 2 heterocycles. The lowest BCUT2D eigenvalue weighted by Crippen LogP contribution is -2.27. The maximum absolute atomic E-state index is 14.0. The Morgan fingerprint density at radius 2 is 1.90 bits per heavy atom. The normalized spacial score (nSPS) is 10.7. The van der Waals surface area contributed by atoms with E-state index in [4.69, 9.17) is 11.6 Å². The number of hydrogen-bond acceptors (Lipinski definition) is 6. The van der Waals surface area contributed by atoms with Crippen molar-refractivity contribution >= 4 is 45.4 Å². The van der Waals surface area contributed by atoms with Crippen molar-refractivity contribution in [2.24, 2.45) is 0 Å². The van der Waals surface area contributed by atoms with Crippen molar-refractivity contribution in [3.63, 3.8) is 0 Å². The Balaban J connectivity index is 1.35. The largest absolute Gasteiger partial charge is 0.333 e. The molecule has 2 aromatic heterocycles. The molecule has 10 heteroatoms. The quantitative estimate of drug-likeness (QED) is 0.428. The first kappa shape index (κ1) is 19.4. The van der Waals surface area contributed by atoms with Crippen LogP contribution in [0.1, 0.15) is 4.88 Å². The topological polar surface area (TPSA) is 79.8 Å². The Morgan fingerprint density at radius 3 is 2.69 bits per heavy atom. The third kappa shape index (κ3) is 4.76. The third-order valence-corrected chi connectivity index (χ3v) is 5.96. The maximum atomic E-state index is 14.0. The van der Waals surface area contributed by atoms with E-state index in [0.29, 0.717) is 16.6 Å². The molecule has 0 spiro atoms. The second-order valence-electron chi connectivity index (χ2n) is 5.84. The second-order valence-corrected chi connectivity index (χ2v) is 8.37. The molecule has 4 rings (SSSR count). The molecular formula is C19H13ClFN5OS2. The summed E-state index contributed by atoms with van der Waals surface area (Å²) in [6.45, 7) is 0.327. The van der Waals surface area contributed by atoms with Crippen molar-refractivity contribution in [2.45, 2.75) is 6.54 Å². The number of halogens is 2. The zero-order valence-electron chi connectivity index (χ0n) is 14.7. The molecule has 0 radical (unpaired) electrons. The third-order valence-electron chi connectivity index (χ3n) is 3.80. The SMILES string of the molecule is O=C(NCc1cnc(-c2ccccc2)s1)Nc1nnc(-c2ccc(Cl)cc2F)s1. The average Bonchev–Trinajstić information content (AvgIpc) is 3.37. The molecule has 146 valence electrons. The summed E-state index contributed by atoms with van der Waals surface area (Å²) in [6, 6.07) is 13.7. The first-order valence-corrected chi connectivity index (χ1v) is 10.4. The first-order chi connectivity index (χ1) is 14.1. The van der Waals surface area contributed by atoms with Crippen LogP contribution in [-0.4, -0.2) is 21.2 Å². The summed E-state index contributed by atoms with van der Waals surface area (Å²) in [4.78, 5) is 17.4. The van der Waals surface area contributed by atoms with Crippen LogP contribution in [0.2, 0.25) is 5.02 Å². The number of amides is 2. The lowest BCUT2D eigenvalue weighted by molar-refractivity contribution is 0.252. The number of carbonyl (C=O) groups excluding carboxylic acids is 1. The minimum absolute atomic E-state index is 0.265. The molecule has 0 unspecified atom stereocenters. The monoisotopic (exact) mass is 445 g/mol. The molecular weight excluding hydrogens is 433 g/mol. The number of benzene rings is 2. The van der Waals surface area contributed by atoms with Gasteiger partial charge < -0.3 is 5.32 Å². The molecule has 0 aliphatic rings. The van der Waals surface area contributed by atoms with E-state index < -0.39 is 11.8 Å². The highest BCUT2D eigenvalue weighted by atomic mass is 35.5. The number of thiazole rings is 1. The number of carbonyl (C=O) groups is 1. The highest BCUT2D eigenvalue weighted by Gasteiger charge is 2.13. The predicted octanol–water partition coefficient (Wildman–Crippen LogP) is 5.44. The summed E-state index contributed by atoms with van der Waals surface area (Å²) in [6.07, 6.45) is 1.74. The zero-order valence-corrected chi connectivity index (χ0v) is 17.1. The van der Waals surface area contributed by atoms with Crippen molar-refractivity contribution < 1.29 is 9.18 Å². The first-order valence-electron chi connectivity index (χ1n) is 8.42. The van der Waals surface area contributed by atoms with E-state index in [1.165, 1.54) is 23.5 Å². The number of nitrogens with zero attached hydrogens (tertiary/aromatic N) is 3. The van der Waals surface area contributed by atoms with Gasteiger partial charge in [-0.1, -0.05) is 53.3 Å². The van der Waals surface area contributed by atoms with Crippen molar-refractivity contribution in [1.29, 1.82) is 0 Å². The highest BCUT2D eigenvalue weighted by Crippen LogP contribution is 2.30. The standard InChI is InChI=1S/C19H13ClFN5OS2/c20-12-6-7-14(15(21)8-12)17-25-26-19(29-17)24-18(27)23-10-13-9-22-16(28-13)11-4-2-1-3-5-11/h1-9H,10H2,(H2,23,24,26,27). The summed E-state index contributed by atoms with van der Waals surface area (Å²) < 4.78 is 14.0. The van der Waals surface area contributed by atoms with Gasteiger partial charge in [-0.05, 0) is 18.2 Å². The van der Waals surface area contributed by atoms with Gasteiger partial charge in [-0.3, -0.25) is 5.32 Å². The molecule has 2 amide bonds. The molecule has 4 aromatic rings. The number of rotatable bonds is 5. The second kappa shape index (κ2) is 8.64. The summed E-state index contributed by atoms with van der Waals surface area (Å²) in [5.74, 6) is -0.496. The van der Waals surface area contributed by atoms with E-state index in [2.05, 4.69) is 25.8 Å². The number of aromatic nitrogens is 3. The molecule has 0 atom stereocenters. The molecule has 0 saturated carbocycles. The fourth-order valence-electron chi connectivity index (χ4n) is 2.46. The molecule has 0 saturated heterocycles. The van der Waals surface area contributed by atoms with Crippen LogP contribution in [0, 0.1) is 5.82 Å². The predicted molar refractivity (Wildman–Crippen MR) is 114 cm³/mol. The summed E-state index contributed by atoms with van der Waals surface area (Å²) in [7, 11) is 0. The number of nitrogens with one attached hydrogen (secondary N) is 2. The Hall–Kier alpha value is -2.88. The lowest BCUT2D eigenvalue weighted by atomic mass is 10.2. The fraction of sp³-hybridized carbons (Fsp3) is 0.0526. The smallest absolute Gasteiger partial charge is 0.321 e. The molecule has 0 fully saturated rings. The molecule has 29 heavy (non-hydrogen) atoms. The van der Waals surface area contributed by atoms with E-state index in [1.807, 2.05) is 30.3 Å². The molecule has 6 nitrogen and oxygen atoms in total. The van der Waals surface area contributed by atoms with Gasteiger partial charge in [0.2, 0.25) is 5.13 Å². The van der Waals surface area contributed by atoms with Crippen LogP contribution < -0.4 is 10.6 Å². The fourth-order valence-corrected chi connectivity index (χ4v) is 4.24. The van der Waals surface area contributed by atoms with Crippen molar-refractivity contribution in [2.75, 3.05) is 5.32 Å². The van der Waals surface area contributed by atoms with E-state index in [0.717, 1.165) is 26.8 Å². The molecule has 2 aromatic carbocycles. The van der Waals surface area contributed by atoms with E-state index >= 15 is 0 Å². The van der Waals surface area contributed by atoms with Gasteiger partial charge >= 0.3 is 6.03 Å². The van der Waals surface area contributed by atoms with Gasteiger partial charge in [0, 0.05) is 27.2 Å². The van der Waals surface area contributed by atoms with Crippen molar-refractivity contribution in [3.8, 4) is 21.1 Å². The molecule has 0 aliphatic heterocycles. The van der Waals surface area contributed by atoms with Gasteiger partial charge in [0.1, 0.15) is 10.8 Å². The molecule has 0 aliphatic carbocycles. The van der Waals surface area contributed by atoms with Crippen LogP contribution in [0.5, 0.6) is 0 Å². The van der Waals surface area contributed by atoms with Crippen molar-refractivity contribution in [1.82, 2.24) is 20.5 Å². The van der Waals surface area contributed by atoms with Crippen LogP contribution in [0.15, 0.2) is 54.7 Å². The molecule has 2 N–H and O–H groups in total. The van der Waals surface area contributed by atoms with Crippen LogP contribution in [0.25, 0.3) is 21.1 Å². The number of urea groups is 1. The Bertz CT molecular complexity index is 1150. The van der Waals surface area contributed by atoms with E-state index in [9.17, 15) is 9.18 Å². The van der Waals surface area contributed by atoms with E-state index in [1.54, 1.807) is 12.3 Å². The Morgan fingerprint density at radius 1 is 1.07 bits per heavy atom. The molecule has 0 bridgehead atoms. The summed E-state index contributed by atoms with van der Waals surface area (Å²) in [5, 5.41) is 15.0. The number of anilines is 1. The van der Waals surface area contributed by atoms with Crippen LogP contribution >= 0.6 is 34.3 Å².